The topological polar surface area (TPSA) is 108 Å². The van der Waals surface area contributed by atoms with Crippen molar-refractivity contribution in [3.8, 4) is 0 Å². The van der Waals surface area contributed by atoms with Crippen LogP contribution in [0.4, 0.5) is 11.4 Å². The van der Waals surface area contributed by atoms with Gasteiger partial charge in [-0.3, -0.25) is 14.8 Å². The molecule has 1 atom stereocenters. The van der Waals surface area contributed by atoms with Gasteiger partial charge in [0.25, 0.3) is 5.69 Å². The van der Waals surface area contributed by atoms with E-state index >= 15 is 0 Å². The van der Waals surface area contributed by atoms with Crippen LogP contribution >= 0.6 is 0 Å². The van der Waals surface area contributed by atoms with Crippen molar-refractivity contribution in [3.05, 3.63) is 45.8 Å². The Kier molecular flexibility index (Phi) is 5.20. The van der Waals surface area contributed by atoms with Crippen LogP contribution in [-0.4, -0.2) is 55.2 Å². The van der Waals surface area contributed by atoms with E-state index in [-0.39, 0.29) is 16.7 Å². The van der Waals surface area contributed by atoms with Gasteiger partial charge >= 0.3 is 0 Å². The van der Waals surface area contributed by atoms with Crippen molar-refractivity contribution < 1.29 is 18.1 Å². The van der Waals surface area contributed by atoms with Gasteiger partial charge < -0.3 is 9.64 Å². The Bertz CT molecular complexity index is 970. The molecular weight excluding hydrogens is 372 g/mol. The molecular formula is C17H22N4O5S. The van der Waals surface area contributed by atoms with Crippen LogP contribution in [0.2, 0.25) is 0 Å². The summed E-state index contributed by atoms with van der Waals surface area (Å²) >= 11 is 0. The van der Waals surface area contributed by atoms with Crippen LogP contribution in [0.1, 0.15) is 11.4 Å². The van der Waals surface area contributed by atoms with E-state index < -0.39 is 14.8 Å². The van der Waals surface area contributed by atoms with Gasteiger partial charge in [-0.2, -0.15) is 5.10 Å². The number of hydrogen-bond donors (Lipinski definition) is 0. The summed E-state index contributed by atoms with van der Waals surface area (Å²) in [6, 6.07) is 5.94. The van der Waals surface area contributed by atoms with Crippen molar-refractivity contribution in [2.75, 3.05) is 30.9 Å². The number of nitrogens with zero attached hydrogens (tertiary/aromatic N) is 4. The molecule has 1 aliphatic rings. The van der Waals surface area contributed by atoms with Gasteiger partial charge in [0, 0.05) is 37.2 Å². The van der Waals surface area contributed by atoms with Crippen LogP contribution in [0.25, 0.3) is 0 Å². The van der Waals surface area contributed by atoms with Crippen molar-refractivity contribution in [2.45, 2.75) is 31.4 Å². The Morgan fingerprint density at radius 3 is 2.67 bits per heavy atom. The third-order valence-electron chi connectivity index (χ3n) is 4.51. The summed E-state index contributed by atoms with van der Waals surface area (Å²) in [6.45, 7) is 5.86. The average molecular weight is 394 g/mol. The molecule has 9 nitrogen and oxygen atoms in total. The van der Waals surface area contributed by atoms with Gasteiger partial charge in [0.2, 0.25) is 0 Å². The first-order chi connectivity index (χ1) is 12.6. The molecule has 0 bridgehead atoms. The van der Waals surface area contributed by atoms with Gasteiger partial charge in [-0.15, -0.1) is 0 Å². The standard InChI is InChI=1S/C17H22N4O5S/c1-12-8-13(2)20(18-12)11-15-10-19(6-7-26-15)16-5-4-14(21(22)23)9-17(16)27(3,24)25/h4-5,8-9,15H,6-7,10-11H2,1-3H3. The maximum absolute atomic E-state index is 12.2. The van der Waals surface area contributed by atoms with Crippen LogP contribution in [0, 0.1) is 24.0 Å². The highest BCUT2D eigenvalue weighted by atomic mass is 32.2. The minimum atomic E-state index is -3.62. The van der Waals surface area contributed by atoms with Crippen LogP contribution in [0.15, 0.2) is 29.2 Å². The highest BCUT2D eigenvalue weighted by Gasteiger charge is 2.27. The maximum atomic E-state index is 12.2. The fraction of sp³-hybridized carbons (Fsp3) is 0.471. The zero-order chi connectivity index (χ0) is 19.8. The van der Waals surface area contributed by atoms with Gasteiger partial charge in [-0.05, 0) is 26.0 Å². The lowest BCUT2D eigenvalue weighted by Gasteiger charge is -2.35. The molecule has 1 unspecified atom stereocenters. The van der Waals surface area contributed by atoms with Crippen molar-refractivity contribution in [3.63, 3.8) is 0 Å². The number of aryl methyl sites for hydroxylation is 2. The van der Waals surface area contributed by atoms with E-state index in [9.17, 15) is 18.5 Å². The Hall–Kier alpha value is -2.46. The molecule has 0 radical (unpaired) electrons. The molecule has 0 saturated carbocycles. The second-order valence-electron chi connectivity index (χ2n) is 6.73. The molecule has 146 valence electrons. The number of nitro benzene ring substituents is 1. The molecule has 27 heavy (non-hydrogen) atoms. The lowest BCUT2D eigenvalue weighted by Crippen LogP contribution is -2.45. The van der Waals surface area contributed by atoms with E-state index in [1.54, 1.807) is 0 Å². The number of morpholine rings is 1. The minimum Gasteiger partial charge on any atom is -0.373 e. The number of nitro groups is 1. The van der Waals surface area contributed by atoms with Gasteiger partial charge in [0.1, 0.15) is 0 Å². The van der Waals surface area contributed by atoms with Crippen LogP contribution < -0.4 is 4.90 Å². The first-order valence-electron chi connectivity index (χ1n) is 8.51. The first kappa shape index (κ1) is 19.3. The third kappa shape index (κ3) is 4.28. The molecule has 2 aromatic rings. The summed E-state index contributed by atoms with van der Waals surface area (Å²) in [4.78, 5) is 12.3. The lowest BCUT2D eigenvalue weighted by molar-refractivity contribution is -0.385. The quantitative estimate of drug-likeness (QED) is 0.561. The highest BCUT2D eigenvalue weighted by Crippen LogP contribution is 2.30. The Labute approximate surface area is 157 Å². The number of sulfone groups is 1. The number of hydrogen-bond acceptors (Lipinski definition) is 7. The van der Waals surface area contributed by atoms with E-state index in [0.717, 1.165) is 23.7 Å². The second kappa shape index (κ2) is 7.28. The molecule has 1 aliphatic heterocycles. The van der Waals surface area contributed by atoms with E-state index in [0.29, 0.717) is 31.9 Å². The maximum Gasteiger partial charge on any atom is 0.270 e. The van der Waals surface area contributed by atoms with Crippen molar-refractivity contribution >= 4 is 21.2 Å². The molecule has 1 aromatic heterocycles. The van der Waals surface area contributed by atoms with Crippen molar-refractivity contribution in [1.82, 2.24) is 9.78 Å². The highest BCUT2D eigenvalue weighted by molar-refractivity contribution is 7.90. The Morgan fingerprint density at radius 2 is 2.07 bits per heavy atom. The van der Waals surface area contributed by atoms with Crippen molar-refractivity contribution in [1.29, 1.82) is 0 Å². The van der Waals surface area contributed by atoms with Gasteiger partial charge in [-0.25, -0.2) is 8.42 Å². The number of ether oxygens (including phenoxy) is 1. The Morgan fingerprint density at radius 1 is 1.33 bits per heavy atom. The smallest absolute Gasteiger partial charge is 0.270 e. The molecule has 1 fully saturated rings. The summed E-state index contributed by atoms with van der Waals surface area (Å²) in [5, 5.41) is 15.5. The summed E-state index contributed by atoms with van der Waals surface area (Å²) in [7, 11) is -3.62. The number of anilines is 1. The minimum absolute atomic E-state index is 0.0385. The molecule has 10 heteroatoms. The predicted octanol–water partition coefficient (Wildman–Crippen LogP) is 1.72. The number of aromatic nitrogens is 2. The van der Waals surface area contributed by atoms with E-state index in [1.165, 1.54) is 12.1 Å². The summed E-state index contributed by atoms with van der Waals surface area (Å²) in [5.74, 6) is 0. The molecule has 0 N–H and O–H groups in total. The largest absolute Gasteiger partial charge is 0.373 e. The summed E-state index contributed by atoms with van der Waals surface area (Å²) in [5.41, 5.74) is 2.17. The molecule has 1 saturated heterocycles. The average Bonchev–Trinajstić information content (AvgIpc) is 2.91. The third-order valence-corrected chi connectivity index (χ3v) is 5.64. The van der Waals surface area contributed by atoms with E-state index in [1.807, 2.05) is 29.5 Å². The van der Waals surface area contributed by atoms with E-state index in [2.05, 4.69) is 5.10 Å². The molecule has 0 aliphatic carbocycles. The molecule has 0 spiro atoms. The van der Waals surface area contributed by atoms with Gasteiger partial charge in [-0.1, -0.05) is 0 Å². The fourth-order valence-electron chi connectivity index (χ4n) is 3.28. The number of benzene rings is 1. The zero-order valence-corrected chi connectivity index (χ0v) is 16.3. The SMILES string of the molecule is Cc1cc(C)n(CC2CN(c3ccc([N+](=O)[O-])cc3S(C)(=O)=O)CCO2)n1. The monoisotopic (exact) mass is 394 g/mol. The molecule has 0 amide bonds. The molecule has 2 heterocycles. The predicted molar refractivity (Wildman–Crippen MR) is 99.9 cm³/mol. The van der Waals surface area contributed by atoms with Crippen molar-refractivity contribution in [2.24, 2.45) is 0 Å². The summed E-state index contributed by atoms with van der Waals surface area (Å²) in [6.07, 6.45) is 0.892. The zero-order valence-electron chi connectivity index (χ0n) is 15.5. The van der Waals surface area contributed by atoms with Gasteiger partial charge in [0.05, 0.1) is 40.5 Å². The molecule has 1 aromatic carbocycles. The van der Waals surface area contributed by atoms with Crippen LogP contribution in [0.5, 0.6) is 0 Å². The second-order valence-corrected chi connectivity index (χ2v) is 8.71. The number of non-ortho nitro benzene ring substituents is 1. The number of rotatable bonds is 5. The first-order valence-corrected chi connectivity index (χ1v) is 10.4. The fourth-order valence-corrected chi connectivity index (χ4v) is 4.19. The molecule has 3 rings (SSSR count). The van der Waals surface area contributed by atoms with Crippen LogP contribution in [0.3, 0.4) is 0 Å². The van der Waals surface area contributed by atoms with Gasteiger partial charge in [0.15, 0.2) is 9.84 Å². The van der Waals surface area contributed by atoms with Crippen LogP contribution in [-0.2, 0) is 21.1 Å². The normalized spacial score (nSPS) is 17.9. The lowest BCUT2D eigenvalue weighted by atomic mass is 10.2. The summed E-state index contributed by atoms with van der Waals surface area (Å²) < 4.78 is 32.1. The Balaban J connectivity index is 1.87. The van der Waals surface area contributed by atoms with E-state index in [4.69, 9.17) is 4.74 Å².